The summed E-state index contributed by atoms with van der Waals surface area (Å²) in [6.45, 7) is 7.71. The summed E-state index contributed by atoms with van der Waals surface area (Å²) in [6.07, 6.45) is 1.24. The Bertz CT molecular complexity index is 190. The first-order valence-electron chi connectivity index (χ1n) is 6.36. The first-order chi connectivity index (χ1) is 7.90. The summed E-state index contributed by atoms with van der Waals surface area (Å²) in [5.41, 5.74) is 5.85. The van der Waals surface area contributed by atoms with Crippen LogP contribution in [0.15, 0.2) is 0 Å². The topological polar surface area (TPSA) is 62.5 Å². The Hall–Kier alpha value is -0.200. The Morgan fingerprint density at radius 3 is 2.88 bits per heavy atom. The number of nitrogens with zero attached hydrogens (tertiary/aromatic N) is 1. The lowest BCUT2D eigenvalue weighted by molar-refractivity contribution is 0.0181. The van der Waals surface area contributed by atoms with Crippen LogP contribution in [0.4, 0.5) is 0 Å². The molecule has 0 aromatic carbocycles. The zero-order valence-corrected chi connectivity index (χ0v) is 9.95. The molecular formula is C11H24N4O. The van der Waals surface area contributed by atoms with Gasteiger partial charge in [-0.3, -0.25) is 4.90 Å². The molecule has 94 valence electrons. The van der Waals surface area contributed by atoms with E-state index in [2.05, 4.69) is 15.5 Å². The third-order valence-electron chi connectivity index (χ3n) is 3.54. The highest BCUT2D eigenvalue weighted by Gasteiger charge is 2.21. The number of nitrogens with one attached hydrogen (secondary N) is 2. The van der Waals surface area contributed by atoms with Gasteiger partial charge in [0.2, 0.25) is 0 Å². The van der Waals surface area contributed by atoms with E-state index in [-0.39, 0.29) is 0 Å². The van der Waals surface area contributed by atoms with E-state index >= 15 is 0 Å². The maximum absolute atomic E-state index is 5.85. The normalized spacial score (nSPS) is 29.4. The molecule has 5 heteroatoms. The third kappa shape index (κ3) is 3.40. The van der Waals surface area contributed by atoms with Gasteiger partial charge in [0.15, 0.2) is 0 Å². The molecule has 2 saturated heterocycles. The van der Waals surface area contributed by atoms with E-state index in [1.807, 2.05) is 0 Å². The molecule has 0 radical (unpaired) electrons. The first kappa shape index (κ1) is 12.3. The summed E-state index contributed by atoms with van der Waals surface area (Å²) in [7, 11) is 0. The maximum Gasteiger partial charge on any atom is 0.0594 e. The fourth-order valence-electron chi connectivity index (χ4n) is 2.44. The van der Waals surface area contributed by atoms with Crippen molar-refractivity contribution in [3.63, 3.8) is 0 Å². The summed E-state index contributed by atoms with van der Waals surface area (Å²) >= 11 is 0. The van der Waals surface area contributed by atoms with Crippen LogP contribution in [0.1, 0.15) is 6.42 Å². The van der Waals surface area contributed by atoms with Crippen molar-refractivity contribution in [2.75, 3.05) is 52.5 Å². The van der Waals surface area contributed by atoms with Gasteiger partial charge in [0.1, 0.15) is 0 Å². The number of hydrogen-bond acceptors (Lipinski definition) is 5. The molecule has 0 bridgehead atoms. The fourth-order valence-corrected chi connectivity index (χ4v) is 2.44. The molecule has 2 rings (SSSR count). The van der Waals surface area contributed by atoms with Gasteiger partial charge in [-0.1, -0.05) is 0 Å². The van der Waals surface area contributed by atoms with Gasteiger partial charge >= 0.3 is 0 Å². The van der Waals surface area contributed by atoms with Crippen LogP contribution in [0.2, 0.25) is 0 Å². The van der Waals surface area contributed by atoms with Crippen LogP contribution in [0.25, 0.3) is 0 Å². The number of nitrogens with two attached hydrogens (primary N) is 1. The highest BCUT2D eigenvalue weighted by Crippen LogP contribution is 2.04. The first-order valence-corrected chi connectivity index (χ1v) is 6.36. The maximum atomic E-state index is 5.85. The molecule has 0 amide bonds. The van der Waals surface area contributed by atoms with Crippen LogP contribution in [-0.2, 0) is 4.74 Å². The molecule has 0 spiro atoms. The lowest BCUT2D eigenvalue weighted by Crippen LogP contribution is -2.52. The molecule has 0 aliphatic carbocycles. The van der Waals surface area contributed by atoms with Crippen LogP contribution in [0, 0.1) is 0 Å². The summed E-state index contributed by atoms with van der Waals surface area (Å²) in [6, 6.07) is 1.10. The molecule has 4 N–H and O–H groups in total. The Labute approximate surface area is 97.7 Å². The van der Waals surface area contributed by atoms with Crippen LogP contribution >= 0.6 is 0 Å². The predicted molar refractivity (Wildman–Crippen MR) is 64.5 cm³/mol. The molecule has 2 fully saturated rings. The van der Waals surface area contributed by atoms with Crippen molar-refractivity contribution in [2.45, 2.75) is 18.5 Å². The molecular weight excluding hydrogens is 204 g/mol. The van der Waals surface area contributed by atoms with Crippen LogP contribution in [0.3, 0.4) is 0 Å². The Morgan fingerprint density at radius 2 is 2.25 bits per heavy atom. The minimum Gasteiger partial charge on any atom is -0.379 e. The molecule has 2 aliphatic heterocycles. The molecule has 2 aliphatic rings. The van der Waals surface area contributed by atoms with Crippen molar-refractivity contribution < 1.29 is 4.74 Å². The second-order valence-electron chi connectivity index (χ2n) is 4.64. The lowest BCUT2D eigenvalue weighted by Gasteiger charge is -2.34. The van der Waals surface area contributed by atoms with E-state index in [1.54, 1.807) is 0 Å². The van der Waals surface area contributed by atoms with Gasteiger partial charge in [-0.05, 0) is 13.0 Å². The molecule has 0 aromatic heterocycles. The minimum atomic E-state index is 0.462. The van der Waals surface area contributed by atoms with Gasteiger partial charge in [0, 0.05) is 44.8 Å². The largest absolute Gasteiger partial charge is 0.379 e. The third-order valence-corrected chi connectivity index (χ3v) is 3.54. The van der Waals surface area contributed by atoms with Gasteiger partial charge in [0.25, 0.3) is 0 Å². The van der Waals surface area contributed by atoms with Crippen molar-refractivity contribution in [3.8, 4) is 0 Å². The molecule has 2 heterocycles. The summed E-state index contributed by atoms with van der Waals surface area (Å²) in [5, 5.41) is 6.97. The minimum absolute atomic E-state index is 0.462. The quantitative estimate of drug-likeness (QED) is 0.540. The zero-order valence-electron chi connectivity index (χ0n) is 9.95. The van der Waals surface area contributed by atoms with Gasteiger partial charge in [0.05, 0.1) is 13.2 Å². The number of rotatable bonds is 5. The standard InChI is InChI=1S/C11H24N4O/c12-7-11(15-3-5-16-6-4-15)9-14-10-1-2-13-8-10/h10-11,13-14H,1-9,12H2. The molecule has 16 heavy (non-hydrogen) atoms. The van der Waals surface area contributed by atoms with Crippen LogP contribution in [-0.4, -0.2) is 69.5 Å². The Morgan fingerprint density at radius 1 is 1.44 bits per heavy atom. The predicted octanol–water partition coefficient (Wildman–Crippen LogP) is -1.40. The van der Waals surface area contributed by atoms with Crippen molar-refractivity contribution in [1.82, 2.24) is 15.5 Å². The van der Waals surface area contributed by atoms with Crippen molar-refractivity contribution in [2.24, 2.45) is 5.73 Å². The number of ether oxygens (including phenoxy) is 1. The molecule has 2 atom stereocenters. The van der Waals surface area contributed by atoms with Gasteiger partial charge in [-0.25, -0.2) is 0 Å². The smallest absolute Gasteiger partial charge is 0.0594 e. The lowest BCUT2D eigenvalue weighted by atomic mass is 10.2. The van der Waals surface area contributed by atoms with E-state index in [0.29, 0.717) is 12.1 Å². The summed E-state index contributed by atoms with van der Waals surface area (Å²) in [4.78, 5) is 2.44. The van der Waals surface area contributed by atoms with E-state index in [9.17, 15) is 0 Å². The van der Waals surface area contributed by atoms with Crippen molar-refractivity contribution >= 4 is 0 Å². The average molecular weight is 228 g/mol. The van der Waals surface area contributed by atoms with E-state index in [1.165, 1.54) is 6.42 Å². The van der Waals surface area contributed by atoms with Crippen molar-refractivity contribution in [1.29, 1.82) is 0 Å². The highest BCUT2D eigenvalue weighted by atomic mass is 16.5. The van der Waals surface area contributed by atoms with E-state index < -0.39 is 0 Å². The Kier molecular flexibility index (Phi) is 4.99. The SMILES string of the molecule is NCC(CNC1CCNC1)N1CCOCC1. The molecule has 5 nitrogen and oxygen atoms in total. The van der Waals surface area contributed by atoms with Gasteiger partial charge in [-0.2, -0.15) is 0 Å². The summed E-state index contributed by atoms with van der Waals surface area (Å²) in [5.74, 6) is 0. The van der Waals surface area contributed by atoms with E-state index in [4.69, 9.17) is 10.5 Å². The second kappa shape index (κ2) is 6.51. The molecule has 0 saturated carbocycles. The van der Waals surface area contributed by atoms with Crippen LogP contribution in [0.5, 0.6) is 0 Å². The average Bonchev–Trinajstić information content (AvgIpc) is 2.84. The van der Waals surface area contributed by atoms with Crippen molar-refractivity contribution in [3.05, 3.63) is 0 Å². The number of hydrogen-bond donors (Lipinski definition) is 3. The number of morpholine rings is 1. The van der Waals surface area contributed by atoms with E-state index in [0.717, 1.165) is 52.5 Å². The van der Waals surface area contributed by atoms with Gasteiger partial charge in [-0.15, -0.1) is 0 Å². The van der Waals surface area contributed by atoms with Gasteiger partial charge < -0.3 is 21.1 Å². The van der Waals surface area contributed by atoms with Crippen LogP contribution < -0.4 is 16.4 Å². The fraction of sp³-hybridized carbons (Fsp3) is 1.00. The molecule has 2 unspecified atom stereocenters. The monoisotopic (exact) mass is 228 g/mol. The summed E-state index contributed by atoms with van der Waals surface area (Å²) < 4.78 is 5.36. The zero-order chi connectivity index (χ0) is 11.2. The Balaban J connectivity index is 1.70. The highest BCUT2D eigenvalue weighted by molar-refractivity contribution is 4.82. The molecule has 0 aromatic rings. The second-order valence-corrected chi connectivity index (χ2v) is 4.64.